The number of aromatic nitrogens is 1. The molecule has 3 heteroatoms. The summed E-state index contributed by atoms with van der Waals surface area (Å²) in [7, 11) is 2.05. The highest BCUT2D eigenvalue weighted by Gasteiger charge is 2.12. The van der Waals surface area contributed by atoms with E-state index in [4.69, 9.17) is 5.73 Å². The molecule has 0 unspecified atom stereocenters. The van der Waals surface area contributed by atoms with E-state index >= 15 is 0 Å². The van der Waals surface area contributed by atoms with E-state index in [2.05, 4.69) is 55.9 Å². The van der Waals surface area contributed by atoms with Gasteiger partial charge in [0.2, 0.25) is 0 Å². The average molecular weight is 269 g/mol. The van der Waals surface area contributed by atoms with Crippen LogP contribution in [0.4, 0.5) is 17.2 Å². The summed E-state index contributed by atoms with van der Waals surface area (Å²) < 4.78 is 0. The van der Waals surface area contributed by atoms with Crippen molar-refractivity contribution in [1.29, 1.82) is 0 Å². The second-order valence-corrected chi connectivity index (χ2v) is 5.67. The van der Waals surface area contributed by atoms with Crippen LogP contribution in [-0.4, -0.2) is 12.0 Å². The molecule has 2 rings (SSSR count). The number of rotatable bonds is 3. The Kier molecular flexibility index (Phi) is 3.98. The topological polar surface area (TPSA) is 42.2 Å². The van der Waals surface area contributed by atoms with Gasteiger partial charge in [0.25, 0.3) is 0 Å². The van der Waals surface area contributed by atoms with Gasteiger partial charge in [-0.1, -0.05) is 26.0 Å². The van der Waals surface area contributed by atoms with Crippen LogP contribution in [0.1, 0.15) is 36.5 Å². The molecule has 0 fully saturated rings. The average Bonchev–Trinajstić information content (AvgIpc) is 2.38. The molecule has 0 bridgehead atoms. The van der Waals surface area contributed by atoms with Crippen LogP contribution < -0.4 is 10.6 Å². The second-order valence-electron chi connectivity index (χ2n) is 5.67. The molecule has 0 radical (unpaired) electrons. The van der Waals surface area contributed by atoms with E-state index in [0.717, 1.165) is 11.4 Å². The number of benzene rings is 1. The fourth-order valence-electron chi connectivity index (χ4n) is 2.40. The van der Waals surface area contributed by atoms with Gasteiger partial charge in [0, 0.05) is 12.7 Å². The molecule has 0 aliphatic rings. The molecule has 2 aromatic rings. The number of pyridine rings is 1. The van der Waals surface area contributed by atoms with Gasteiger partial charge in [-0.3, -0.25) is 0 Å². The number of nitrogen functional groups attached to an aromatic ring is 1. The van der Waals surface area contributed by atoms with Crippen molar-refractivity contribution in [3.63, 3.8) is 0 Å². The third-order valence-electron chi connectivity index (χ3n) is 3.65. The molecule has 1 aromatic carbocycles. The van der Waals surface area contributed by atoms with Crippen molar-refractivity contribution >= 4 is 17.2 Å². The molecule has 0 aliphatic carbocycles. The first-order valence-electron chi connectivity index (χ1n) is 6.96. The highest BCUT2D eigenvalue weighted by Crippen LogP contribution is 2.30. The fourth-order valence-corrected chi connectivity index (χ4v) is 2.40. The zero-order valence-electron chi connectivity index (χ0n) is 12.9. The molecular weight excluding hydrogens is 246 g/mol. The summed E-state index contributed by atoms with van der Waals surface area (Å²) in [6.45, 7) is 8.59. The molecule has 106 valence electrons. The first kappa shape index (κ1) is 14.4. The largest absolute Gasteiger partial charge is 0.397 e. The molecular formula is C17H23N3. The van der Waals surface area contributed by atoms with Crippen LogP contribution in [0.25, 0.3) is 0 Å². The van der Waals surface area contributed by atoms with E-state index in [1.807, 2.05) is 13.0 Å². The Labute approximate surface area is 121 Å². The smallest absolute Gasteiger partial charge is 0.135 e. The number of nitrogens with zero attached hydrogens (tertiary/aromatic N) is 2. The Balaban J connectivity index is 2.47. The van der Waals surface area contributed by atoms with Crippen molar-refractivity contribution in [3.05, 3.63) is 47.2 Å². The van der Waals surface area contributed by atoms with Crippen molar-refractivity contribution in [3.8, 4) is 0 Å². The van der Waals surface area contributed by atoms with E-state index in [0.29, 0.717) is 11.6 Å². The van der Waals surface area contributed by atoms with Gasteiger partial charge in [-0.2, -0.15) is 0 Å². The molecule has 3 nitrogen and oxygen atoms in total. The molecule has 0 amide bonds. The molecule has 0 atom stereocenters. The lowest BCUT2D eigenvalue weighted by atomic mass is 10.00. The molecule has 0 saturated heterocycles. The van der Waals surface area contributed by atoms with Crippen LogP contribution in [0.5, 0.6) is 0 Å². The summed E-state index contributed by atoms with van der Waals surface area (Å²) >= 11 is 0. The van der Waals surface area contributed by atoms with Crippen LogP contribution in [0.3, 0.4) is 0 Å². The molecule has 20 heavy (non-hydrogen) atoms. The first-order valence-corrected chi connectivity index (χ1v) is 6.96. The Morgan fingerprint density at radius 1 is 1.10 bits per heavy atom. The zero-order chi connectivity index (χ0) is 14.9. The summed E-state index contributed by atoms with van der Waals surface area (Å²) in [5.41, 5.74) is 11.3. The summed E-state index contributed by atoms with van der Waals surface area (Å²) in [6, 6.07) is 8.58. The highest BCUT2D eigenvalue weighted by atomic mass is 15.2. The molecule has 0 spiro atoms. The van der Waals surface area contributed by atoms with Crippen molar-refractivity contribution < 1.29 is 0 Å². The minimum absolute atomic E-state index is 0.517. The van der Waals surface area contributed by atoms with Gasteiger partial charge in [-0.25, -0.2) is 4.98 Å². The Morgan fingerprint density at radius 2 is 1.80 bits per heavy atom. The van der Waals surface area contributed by atoms with E-state index in [-0.39, 0.29) is 0 Å². The summed E-state index contributed by atoms with van der Waals surface area (Å²) in [4.78, 5) is 6.61. The van der Waals surface area contributed by atoms with Crippen LogP contribution in [0.15, 0.2) is 30.5 Å². The van der Waals surface area contributed by atoms with Gasteiger partial charge in [0.05, 0.1) is 11.9 Å². The van der Waals surface area contributed by atoms with Gasteiger partial charge in [0.1, 0.15) is 5.82 Å². The maximum absolute atomic E-state index is 5.78. The number of hydrogen-bond acceptors (Lipinski definition) is 3. The maximum atomic E-state index is 5.78. The monoisotopic (exact) mass is 269 g/mol. The minimum Gasteiger partial charge on any atom is -0.397 e. The standard InChI is InChI=1S/C17H23N3/c1-11(2)14-7-6-12(3)16(9-14)20(5)17-13(4)8-15(18)10-19-17/h6-11H,18H2,1-5H3. The zero-order valence-corrected chi connectivity index (χ0v) is 12.9. The Hall–Kier alpha value is -2.03. The van der Waals surface area contributed by atoms with Crippen LogP contribution >= 0.6 is 0 Å². The van der Waals surface area contributed by atoms with Crippen molar-refractivity contribution in [2.24, 2.45) is 0 Å². The summed E-state index contributed by atoms with van der Waals surface area (Å²) in [6.07, 6.45) is 1.71. The Bertz CT molecular complexity index is 618. The number of nitrogens with two attached hydrogens (primary N) is 1. The van der Waals surface area contributed by atoms with Gasteiger partial charge in [-0.15, -0.1) is 0 Å². The lowest BCUT2D eigenvalue weighted by molar-refractivity contribution is 0.864. The van der Waals surface area contributed by atoms with E-state index in [1.54, 1.807) is 6.20 Å². The van der Waals surface area contributed by atoms with E-state index in [9.17, 15) is 0 Å². The number of hydrogen-bond donors (Lipinski definition) is 1. The van der Waals surface area contributed by atoms with Gasteiger partial charge < -0.3 is 10.6 Å². The van der Waals surface area contributed by atoms with E-state index in [1.165, 1.54) is 16.8 Å². The van der Waals surface area contributed by atoms with Crippen LogP contribution in [-0.2, 0) is 0 Å². The molecule has 1 aromatic heterocycles. The highest BCUT2D eigenvalue weighted by molar-refractivity contribution is 5.67. The lowest BCUT2D eigenvalue weighted by Gasteiger charge is -2.23. The summed E-state index contributed by atoms with van der Waals surface area (Å²) in [5.74, 6) is 1.46. The normalized spacial score (nSPS) is 10.9. The predicted molar refractivity (Wildman–Crippen MR) is 86.7 cm³/mol. The van der Waals surface area contributed by atoms with Crippen LogP contribution in [0, 0.1) is 13.8 Å². The predicted octanol–water partition coefficient (Wildman–Crippen LogP) is 4.17. The number of aryl methyl sites for hydroxylation is 2. The maximum Gasteiger partial charge on any atom is 0.135 e. The van der Waals surface area contributed by atoms with E-state index < -0.39 is 0 Å². The van der Waals surface area contributed by atoms with Gasteiger partial charge in [-0.05, 0) is 48.6 Å². The lowest BCUT2D eigenvalue weighted by Crippen LogP contribution is -2.14. The quantitative estimate of drug-likeness (QED) is 0.909. The second kappa shape index (κ2) is 5.53. The molecule has 0 aliphatic heterocycles. The SMILES string of the molecule is Cc1ccc(C(C)C)cc1N(C)c1ncc(N)cc1C. The van der Waals surface area contributed by atoms with Crippen molar-refractivity contribution in [1.82, 2.24) is 4.98 Å². The molecule has 2 N–H and O–H groups in total. The third kappa shape index (κ3) is 2.77. The Morgan fingerprint density at radius 3 is 2.40 bits per heavy atom. The first-order chi connectivity index (χ1) is 9.40. The summed E-state index contributed by atoms with van der Waals surface area (Å²) in [5, 5.41) is 0. The van der Waals surface area contributed by atoms with Crippen molar-refractivity contribution in [2.75, 3.05) is 17.7 Å². The van der Waals surface area contributed by atoms with Gasteiger partial charge >= 0.3 is 0 Å². The molecule has 1 heterocycles. The number of anilines is 3. The molecule has 0 saturated carbocycles. The van der Waals surface area contributed by atoms with Crippen LogP contribution in [0.2, 0.25) is 0 Å². The fraction of sp³-hybridized carbons (Fsp3) is 0.353. The third-order valence-corrected chi connectivity index (χ3v) is 3.65. The minimum atomic E-state index is 0.517. The van der Waals surface area contributed by atoms with Gasteiger partial charge in [0.15, 0.2) is 0 Å². The van der Waals surface area contributed by atoms with Crippen molar-refractivity contribution in [2.45, 2.75) is 33.6 Å².